The summed E-state index contributed by atoms with van der Waals surface area (Å²) in [4.78, 5) is 15.2. The van der Waals surface area contributed by atoms with Crippen LogP contribution in [0.15, 0.2) is 47.1 Å². The molecule has 0 bridgehead atoms. The predicted octanol–water partition coefficient (Wildman–Crippen LogP) is 3.49. The molecular formula is C15H13BrFN3O2S. The maximum atomic E-state index is 13.0. The summed E-state index contributed by atoms with van der Waals surface area (Å²) in [5.41, 5.74) is 0.627. The fourth-order valence-electron chi connectivity index (χ4n) is 1.88. The van der Waals surface area contributed by atoms with Crippen LogP contribution in [0, 0.1) is 5.82 Å². The van der Waals surface area contributed by atoms with E-state index in [1.54, 1.807) is 18.3 Å². The number of pyridine rings is 1. The highest BCUT2D eigenvalue weighted by Gasteiger charge is 2.17. The Morgan fingerprint density at radius 2 is 2.00 bits per heavy atom. The van der Waals surface area contributed by atoms with E-state index in [-0.39, 0.29) is 17.4 Å². The van der Waals surface area contributed by atoms with E-state index in [4.69, 9.17) is 17.3 Å². The number of carbonyl (C=O) groups is 1. The lowest BCUT2D eigenvalue weighted by Crippen LogP contribution is -2.33. The van der Waals surface area contributed by atoms with Crippen LogP contribution >= 0.6 is 28.1 Å². The minimum Gasteiger partial charge on any atom is -0.481 e. The van der Waals surface area contributed by atoms with Gasteiger partial charge in [0.15, 0.2) is 5.11 Å². The van der Waals surface area contributed by atoms with Crippen LogP contribution in [0.25, 0.3) is 0 Å². The smallest absolute Gasteiger partial charge is 0.305 e. The number of anilines is 1. The summed E-state index contributed by atoms with van der Waals surface area (Å²) in [6.45, 7) is 0. The lowest BCUT2D eigenvalue weighted by molar-refractivity contribution is -0.137. The van der Waals surface area contributed by atoms with E-state index >= 15 is 0 Å². The first-order valence-electron chi connectivity index (χ1n) is 6.60. The number of aliphatic carboxylic acids is 1. The van der Waals surface area contributed by atoms with Gasteiger partial charge in [0, 0.05) is 10.7 Å². The molecule has 5 nitrogen and oxygen atoms in total. The average molecular weight is 398 g/mol. The number of aromatic nitrogens is 1. The Labute approximate surface area is 146 Å². The maximum absolute atomic E-state index is 13.0. The highest BCUT2D eigenvalue weighted by Crippen LogP contribution is 2.18. The standard InChI is InChI=1S/C15H13BrFN3O2S/c16-10-3-6-13(18-8-10)20-15(23)19-12(7-14(21)22)9-1-4-11(17)5-2-9/h1-6,8,12H,7H2,(H,21,22)(H2,18,19,20,23)/t12-/m0/s1. The van der Waals surface area contributed by atoms with Gasteiger partial charge in [0.1, 0.15) is 11.6 Å². The second-order valence-corrected chi connectivity index (χ2v) is 5.99. The number of halogens is 2. The number of carboxylic acids is 1. The second kappa shape index (κ2) is 7.98. The fourth-order valence-corrected chi connectivity index (χ4v) is 2.36. The summed E-state index contributed by atoms with van der Waals surface area (Å²) in [6.07, 6.45) is 1.42. The summed E-state index contributed by atoms with van der Waals surface area (Å²) in [5.74, 6) is -0.849. The summed E-state index contributed by atoms with van der Waals surface area (Å²) >= 11 is 8.46. The highest BCUT2D eigenvalue weighted by molar-refractivity contribution is 9.10. The van der Waals surface area contributed by atoms with Crippen LogP contribution in [0.2, 0.25) is 0 Å². The van der Waals surface area contributed by atoms with Crippen LogP contribution in [0.4, 0.5) is 10.2 Å². The van der Waals surface area contributed by atoms with Crippen LogP contribution in [0.3, 0.4) is 0 Å². The Bertz CT molecular complexity index is 695. The van der Waals surface area contributed by atoms with Crippen LogP contribution in [-0.2, 0) is 4.79 Å². The number of thiocarbonyl (C=S) groups is 1. The number of nitrogens with one attached hydrogen (secondary N) is 2. The number of nitrogens with zero attached hydrogens (tertiary/aromatic N) is 1. The van der Waals surface area contributed by atoms with Gasteiger partial charge in [0.25, 0.3) is 0 Å². The second-order valence-electron chi connectivity index (χ2n) is 4.66. The van der Waals surface area contributed by atoms with Gasteiger partial charge in [-0.3, -0.25) is 4.79 Å². The monoisotopic (exact) mass is 397 g/mol. The molecule has 1 aromatic heterocycles. The van der Waals surface area contributed by atoms with E-state index in [9.17, 15) is 9.18 Å². The first-order chi connectivity index (χ1) is 10.9. The van der Waals surface area contributed by atoms with Gasteiger partial charge in [0.05, 0.1) is 12.5 Å². The Morgan fingerprint density at radius 3 is 2.57 bits per heavy atom. The topological polar surface area (TPSA) is 74.2 Å². The van der Waals surface area contributed by atoms with E-state index in [0.717, 1.165) is 4.47 Å². The van der Waals surface area contributed by atoms with Crippen molar-refractivity contribution < 1.29 is 14.3 Å². The third-order valence-electron chi connectivity index (χ3n) is 2.93. The molecule has 1 atom stereocenters. The van der Waals surface area contributed by atoms with Crippen molar-refractivity contribution >= 4 is 45.0 Å². The molecule has 0 saturated carbocycles. The number of carboxylic acid groups (broad SMARTS) is 1. The van der Waals surface area contributed by atoms with E-state index < -0.39 is 12.0 Å². The Balaban J connectivity index is 2.07. The van der Waals surface area contributed by atoms with Crippen molar-refractivity contribution in [2.24, 2.45) is 0 Å². The van der Waals surface area contributed by atoms with Crippen LogP contribution in [-0.4, -0.2) is 21.2 Å². The van der Waals surface area contributed by atoms with Gasteiger partial charge in [-0.15, -0.1) is 0 Å². The molecule has 0 aliphatic heterocycles. The fraction of sp³-hybridized carbons (Fsp3) is 0.133. The SMILES string of the molecule is O=C(O)C[C@H](NC(=S)Nc1ccc(Br)cn1)c1ccc(F)cc1. The Morgan fingerprint density at radius 1 is 1.30 bits per heavy atom. The summed E-state index contributed by atoms with van der Waals surface area (Å²) < 4.78 is 13.8. The zero-order chi connectivity index (χ0) is 16.8. The van der Waals surface area contributed by atoms with Crippen molar-refractivity contribution in [1.29, 1.82) is 0 Å². The van der Waals surface area contributed by atoms with Crippen molar-refractivity contribution in [3.63, 3.8) is 0 Å². The zero-order valence-electron chi connectivity index (χ0n) is 11.8. The third kappa shape index (κ3) is 5.57. The van der Waals surface area contributed by atoms with Gasteiger partial charge in [0.2, 0.25) is 0 Å². The molecule has 120 valence electrons. The van der Waals surface area contributed by atoms with E-state index in [0.29, 0.717) is 11.4 Å². The Kier molecular flexibility index (Phi) is 6.00. The Hall–Kier alpha value is -2.06. The molecular weight excluding hydrogens is 385 g/mol. The van der Waals surface area contributed by atoms with Crippen LogP contribution in [0.5, 0.6) is 0 Å². The molecule has 2 rings (SSSR count). The van der Waals surface area contributed by atoms with E-state index in [2.05, 4.69) is 31.5 Å². The molecule has 8 heteroatoms. The number of hydrogen-bond acceptors (Lipinski definition) is 3. The lowest BCUT2D eigenvalue weighted by atomic mass is 10.0. The van der Waals surface area contributed by atoms with Crippen molar-refractivity contribution in [2.75, 3.05) is 5.32 Å². The van der Waals surface area contributed by atoms with Gasteiger partial charge in [-0.05, 0) is 58.0 Å². The predicted molar refractivity (Wildman–Crippen MR) is 92.7 cm³/mol. The van der Waals surface area contributed by atoms with Crippen molar-refractivity contribution in [2.45, 2.75) is 12.5 Å². The van der Waals surface area contributed by atoms with Crippen LogP contribution in [0.1, 0.15) is 18.0 Å². The van der Waals surface area contributed by atoms with E-state index in [1.165, 1.54) is 24.3 Å². The average Bonchev–Trinajstić information content (AvgIpc) is 2.49. The molecule has 0 fully saturated rings. The van der Waals surface area contributed by atoms with Gasteiger partial charge in [-0.2, -0.15) is 0 Å². The molecule has 1 aromatic carbocycles. The zero-order valence-corrected chi connectivity index (χ0v) is 14.2. The lowest BCUT2D eigenvalue weighted by Gasteiger charge is -2.19. The van der Waals surface area contributed by atoms with Crippen molar-refractivity contribution in [3.05, 3.63) is 58.4 Å². The molecule has 0 aliphatic carbocycles. The molecule has 0 radical (unpaired) electrons. The third-order valence-corrected chi connectivity index (χ3v) is 3.61. The first kappa shape index (κ1) is 17.3. The van der Waals surface area contributed by atoms with Crippen molar-refractivity contribution in [3.8, 4) is 0 Å². The molecule has 0 spiro atoms. The number of benzene rings is 1. The number of hydrogen-bond donors (Lipinski definition) is 3. The minimum atomic E-state index is -0.989. The minimum absolute atomic E-state index is 0.193. The van der Waals surface area contributed by atoms with Gasteiger partial charge in [-0.25, -0.2) is 9.37 Å². The van der Waals surface area contributed by atoms with E-state index in [1.807, 2.05) is 0 Å². The normalized spacial score (nSPS) is 11.6. The molecule has 0 saturated heterocycles. The molecule has 3 N–H and O–H groups in total. The summed E-state index contributed by atoms with van der Waals surface area (Å²) in [5, 5.41) is 15.1. The maximum Gasteiger partial charge on any atom is 0.305 e. The molecule has 0 aliphatic rings. The first-order valence-corrected chi connectivity index (χ1v) is 7.80. The molecule has 0 amide bonds. The summed E-state index contributed by atoms with van der Waals surface area (Å²) in [6, 6.07) is 8.54. The summed E-state index contributed by atoms with van der Waals surface area (Å²) in [7, 11) is 0. The molecule has 0 unspecified atom stereocenters. The molecule has 1 heterocycles. The molecule has 23 heavy (non-hydrogen) atoms. The van der Waals surface area contributed by atoms with Crippen LogP contribution < -0.4 is 10.6 Å². The molecule has 2 aromatic rings. The number of rotatable bonds is 5. The van der Waals surface area contributed by atoms with Crippen molar-refractivity contribution in [1.82, 2.24) is 10.3 Å². The van der Waals surface area contributed by atoms with Gasteiger partial charge < -0.3 is 15.7 Å². The largest absolute Gasteiger partial charge is 0.481 e. The van der Waals surface area contributed by atoms with Gasteiger partial charge in [-0.1, -0.05) is 12.1 Å². The highest BCUT2D eigenvalue weighted by atomic mass is 79.9. The van der Waals surface area contributed by atoms with Gasteiger partial charge >= 0.3 is 5.97 Å². The quantitative estimate of drug-likeness (QED) is 0.670.